The molecule has 0 aromatic heterocycles. The standard InChI is InChI=1S/C27H33N3O9/c1-30(2)20-15-7-11-6-14-18(16(31)8-12(23(14)38-3)9-29-13-4-5-39-10-13)21(32)17(11)24(34)27(15,37)25(35)19(22(20)33)26(28)36/h8,11,13,15,20,29,31-32,35,37H,4-7,9-10H2,1-3H3,(H2,28,36)/t11-,13+,15-,20-,27-/m0/s1. The van der Waals surface area contributed by atoms with Crippen molar-refractivity contribution in [1.29, 1.82) is 0 Å². The van der Waals surface area contributed by atoms with Crippen molar-refractivity contribution in [2.75, 3.05) is 34.4 Å². The zero-order chi connectivity index (χ0) is 28.4. The van der Waals surface area contributed by atoms with Gasteiger partial charge in [0.2, 0.25) is 5.78 Å². The van der Waals surface area contributed by atoms with Gasteiger partial charge in [-0.1, -0.05) is 0 Å². The van der Waals surface area contributed by atoms with Crippen molar-refractivity contribution >= 4 is 23.2 Å². The number of Topliss-reactive ketones (excluding diaryl/α,β-unsaturated/α-hetero) is 2. The molecule has 12 nitrogen and oxygen atoms in total. The Labute approximate surface area is 224 Å². The van der Waals surface area contributed by atoms with Gasteiger partial charge in [0, 0.05) is 41.8 Å². The summed E-state index contributed by atoms with van der Waals surface area (Å²) >= 11 is 0. The van der Waals surface area contributed by atoms with E-state index in [4.69, 9.17) is 15.2 Å². The number of fused-ring (bicyclic) bond motifs is 3. The van der Waals surface area contributed by atoms with Crippen LogP contribution in [0.5, 0.6) is 11.5 Å². The van der Waals surface area contributed by atoms with Crippen LogP contribution in [0.1, 0.15) is 29.5 Å². The van der Waals surface area contributed by atoms with E-state index in [1.54, 1.807) is 14.1 Å². The Balaban J connectivity index is 1.63. The molecule has 1 heterocycles. The van der Waals surface area contributed by atoms with Gasteiger partial charge in [-0.25, -0.2) is 0 Å². The van der Waals surface area contributed by atoms with Gasteiger partial charge in [-0.05, 0) is 45.3 Å². The van der Waals surface area contributed by atoms with Crippen molar-refractivity contribution in [2.45, 2.75) is 43.5 Å². The van der Waals surface area contributed by atoms with Gasteiger partial charge in [-0.3, -0.25) is 19.3 Å². The Kier molecular flexibility index (Phi) is 6.70. The number of aromatic hydroxyl groups is 1. The van der Waals surface area contributed by atoms with Crippen molar-refractivity contribution in [2.24, 2.45) is 17.6 Å². The minimum Gasteiger partial charge on any atom is -0.508 e. The molecule has 0 spiro atoms. The first-order valence-corrected chi connectivity index (χ1v) is 12.8. The maximum absolute atomic E-state index is 13.9. The number of carbonyl (C=O) groups excluding carboxylic acids is 3. The van der Waals surface area contributed by atoms with Crippen molar-refractivity contribution < 1.29 is 44.3 Å². The first kappa shape index (κ1) is 27.1. The molecule has 3 aliphatic carbocycles. The number of methoxy groups -OCH3 is 1. The van der Waals surface area contributed by atoms with Crippen LogP contribution < -0.4 is 15.8 Å². The van der Waals surface area contributed by atoms with Gasteiger partial charge >= 0.3 is 0 Å². The molecule has 39 heavy (non-hydrogen) atoms. The monoisotopic (exact) mass is 543 g/mol. The minimum absolute atomic E-state index is 0.00362. The maximum Gasteiger partial charge on any atom is 0.255 e. The van der Waals surface area contributed by atoms with Gasteiger partial charge in [0.1, 0.15) is 28.6 Å². The van der Waals surface area contributed by atoms with E-state index in [0.29, 0.717) is 36.6 Å². The number of phenols is 1. The summed E-state index contributed by atoms with van der Waals surface area (Å²) in [5.74, 6) is -6.42. The molecule has 1 saturated heterocycles. The highest BCUT2D eigenvalue weighted by atomic mass is 16.5. The summed E-state index contributed by atoms with van der Waals surface area (Å²) in [5.41, 5.74) is 2.78. The molecule has 0 radical (unpaired) electrons. The molecule has 12 heteroatoms. The summed E-state index contributed by atoms with van der Waals surface area (Å²) in [7, 11) is 4.60. The lowest BCUT2D eigenvalue weighted by Crippen LogP contribution is -2.65. The number of benzene rings is 1. The highest BCUT2D eigenvalue weighted by Gasteiger charge is 2.64. The molecular weight excluding hydrogens is 510 g/mol. The second kappa shape index (κ2) is 9.63. The number of nitrogens with zero attached hydrogens (tertiary/aromatic N) is 1. The zero-order valence-corrected chi connectivity index (χ0v) is 22.0. The van der Waals surface area contributed by atoms with Crippen LogP contribution in [0.3, 0.4) is 0 Å². The molecule has 1 aliphatic heterocycles. The lowest BCUT2D eigenvalue weighted by Gasteiger charge is -2.50. The van der Waals surface area contributed by atoms with E-state index in [9.17, 15) is 34.8 Å². The Morgan fingerprint density at radius 3 is 2.59 bits per heavy atom. The number of aliphatic hydroxyl groups excluding tert-OH is 2. The van der Waals surface area contributed by atoms with Crippen LogP contribution >= 0.6 is 0 Å². The Bertz CT molecular complexity index is 1330. The fourth-order valence-electron chi connectivity index (χ4n) is 6.69. The summed E-state index contributed by atoms with van der Waals surface area (Å²) in [5, 5.41) is 48.3. The molecule has 1 amide bonds. The lowest BCUT2D eigenvalue weighted by atomic mass is 9.57. The van der Waals surface area contributed by atoms with Crippen LogP contribution in [-0.4, -0.2) is 94.9 Å². The van der Waals surface area contributed by atoms with E-state index in [1.165, 1.54) is 18.1 Å². The first-order chi connectivity index (χ1) is 18.4. The fourth-order valence-corrected chi connectivity index (χ4v) is 6.69. The van der Waals surface area contributed by atoms with Gasteiger partial charge in [-0.2, -0.15) is 0 Å². The van der Waals surface area contributed by atoms with Crippen molar-refractivity contribution in [3.8, 4) is 11.5 Å². The number of primary amides is 1. The van der Waals surface area contributed by atoms with Crippen LogP contribution in [0.2, 0.25) is 0 Å². The second-order valence-electron chi connectivity index (χ2n) is 10.8. The number of carbonyl (C=O) groups is 3. The number of hydrogen-bond acceptors (Lipinski definition) is 11. The number of ether oxygens (including phenoxy) is 2. The van der Waals surface area contributed by atoms with Crippen molar-refractivity contribution in [3.63, 3.8) is 0 Å². The summed E-state index contributed by atoms with van der Waals surface area (Å²) < 4.78 is 11.1. The third-order valence-electron chi connectivity index (χ3n) is 8.46. The molecule has 5 atom stereocenters. The third-order valence-corrected chi connectivity index (χ3v) is 8.46. The summed E-state index contributed by atoms with van der Waals surface area (Å²) in [6.07, 6.45) is 1.02. The lowest BCUT2D eigenvalue weighted by molar-refractivity contribution is -0.153. The van der Waals surface area contributed by atoms with Crippen LogP contribution in [0.4, 0.5) is 0 Å². The van der Waals surface area contributed by atoms with Crippen molar-refractivity contribution in [3.05, 3.63) is 39.7 Å². The average Bonchev–Trinajstić information content (AvgIpc) is 3.38. The number of phenolic OH excluding ortho intramolecular Hbond substituents is 1. The zero-order valence-electron chi connectivity index (χ0n) is 22.0. The minimum atomic E-state index is -2.67. The number of nitrogens with one attached hydrogen (secondary N) is 1. The Morgan fingerprint density at radius 1 is 1.28 bits per heavy atom. The molecule has 7 N–H and O–H groups in total. The van der Waals surface area contributed by atoms with Gasteiger partial charge < -0.3 is 41.0 Å². The molecule has 0 bridgehead atoms. The van der Waals surface area contributed by atoms with E-state index in [-0.39, 0.29) is 35.8 Å². The molecule has 1 saturated carbocycles. The number of aliphatic hydroxyl groups is 3. The number of amides is 1. The second-order valence-corrected chi connectivity index (χ2v) is 10.8. The van der Waals surface area contributed by atoms with E-state index in [0.717, 1.165) is 6.42 Å². The van der Waals surface area contributed by atoms with Crippen LogP contribution in [0.15, 0.2) is 23.0 Å². The van der Waals surface area contributed by atoms with E-state index >= 15 is 0 Å². The molecule has 4 aliphatic rings. The highest BCUT2D eigenvalue weighted by Crippen LogP contribution is 2.54. The summed E-state index contributed by atoms with van der Waals surface area (Å²) in [6.45, 7) is 1.61. The normalized spacial score (nSPS) is 30.4. The van der Waals surface area contributed by atoms with E-state index in [2.05, 4.69) is 5.32 Å². The van der Waals surface area contributed by atoms with Crippen LogP contribution in [0.25, 0.3) is 5.76 Å². The SMILES string of the molecule is COc1c(CN[C@@H]2CCOC2)cc(O)c2c1C[C@H]1C[C@H]3[C@H](N(C)C)C(=O)C(C(N)=O)=C(O)[C@@]3(O)C(=O)C1=C2O. The maximum atomic E-state index is 13.9. The van der Waals surface area contributed by atoms with Gasteiger partial charge in [0.15, 0.2) is 11.4 Å². The average molecular weight is 544 g/mol. The van der Waals surface area contributed by atoms with Crippen LogP contribution in [-0.2, 0) is 32.1 Å². The predicted molar refractivity (Wildman–Crippen MR) is 137 cm³/mol. The van der Waals surface area contributed by atoms with Crippen LogP contribution in [0, 0.1) is 11.8 Å². The summed E-state index contributed by atoms with van der Waals surface area (Å²) in [6, 6.07) is 0.466. The first-order valence-electron chi connectivity index (χ1n) is 12.8. The largest absolute Gasteiger partial charge is 0.508 e. The quantitative estimate of drug-likeness (QED) is 0.262. The molecule has 1 aromatic carbocycles. The van der Waals surface area contributed by atoms with Gasteiger partial charge in [-0.15, -0.1) is 0 Å². The van der Waals surface area contributed by atoms with E-state index < -0.39 is 58.0 Å². The van der Waals surface area contributed by atoms with E-state index in [1.807, 2.05) is 0 Å². The van der Waals surface area contributed by atoms with Gasteiger partial charge in [0.25, 0.3) is 5.91 Å². The molecular formula is C27H33N3O9. The van der Waals surface area contributed by atoms with Gasteiger partial charge in [0.05, 0.1) is 25.3 Å². The number of nitrogens with two attached hydrogens (primary N) is 1. The Hall–Kier alpha value is -3.45. The van der Waals surface area contributed by atoms with Crippen molar-refractivity contribution in [1.82, 2.24) is 10.2 Å². The molecule has 0 unspecified atom stereocenters. The highest BCUT2D eigenvalue weighted by molar-refractivity contribution is 6.24. The Morgan fingerprint density at radius 2 is 2.00 bits per heavy atom. The molecule has 210 valence electrons. The molecule has 1 aromatic rings. The third kappa shape index (κ3) is 3.93. The number of ketones is 2. The number of likely N-dealkylation sites (N-methyl/N-ethyl adjacent to an activating group) is 1. The predicted octanol–water partition coefficient (Wildman–Crippen LogP) is -0.149. The topological polar surface area (TPSA) is 192 Å². The smallest absolute Gasteiger partial charge is 0.255 e. The molecule has 5 rings (SSSR count). The molecule has 2 fully saturated rings. The fraction of sp³-hybridized carbons (Fsp3) is 0.519. The number of rotatable bonds is 6. The summed E-state index contributed by atoms with van der Waals surface area (Å²) in [4.78, 5) is 40.6. The number of hydrogen-bond donors (Lipinski definition) is 6.